The number of halogens is 1. The Morgan fingerprint density at radius 1 is 1.42 bits per heavy atom. The van der Waals surface area contributed by atoms with Gasteiger partial charge in [0.15, 0.2) is 0 Å². The minimum atomic E-state index is -0.948. The zero-order valence-corrected chi connectivity index (χ0v) is 11.7. The van der Waals surface area contributed by atoms with Gasteiger partial charge in [0.1, 0.15) is 5.82 Å². The molecule has 0 fully saturated rings. The van der Waals surface area contributed by atoms with Gasteiger partial charge in [-0.1, -0.05) is 25.4 Å². The number of aromatic nitrogens is 1. The third kappa shape index (κ3) is 5.26. The van der Waals surface area contributed by atoms with Crippen molar-refractivity contribution < 1.29 is 14.7 Å². The summed E-state index contributed by atoms with van der Waals surface area (Å²) in [6.07, 6.45) is 1.67. The lowest BCUT2D eigenvalue weighted by Gasteiger charge is -2.22. The van der Waals surface area contributed by atoms with E-state index >= 15 is 0 Å². The van der Waals surface area contributed by atoms with Crippen molar-refractivity contribution in [3.8, 4) is 0 Å². The molecule has 0 bridgehead atoms. The van der Waals surface area contributed by atoms with E-state index in [1.807, 2.05) is 13.8 Å². The molecule has 0 radical (unpaired) electrons. The van der Waals surface area contributed by atoms with E-state index in [4.69, 9.17) is 16.7 Å². The number of carboxylic acid groups (broad SMARTS) is 1. The summed E-state index contributed by atoms with van der Waals surface area (Å²) in [5.74, 6) is -0.453. The van der Waals surface area contributed by atoms with Gasteiger partial charge in [0.05, 0.1) is 11.4 Å². The van der Waals surface area contributed by atoms with Crippen LogP contribution in [0.4, 0.5) is 5.82 Å². The minimum Gasteiger partial charge on any atom is -0.481 e. The van der Waals surface area contributed by atoms with Crippen molar-refractivity contribution in [1.29, 1.82) is 0 Å². The van der Waals surface area contributed by atoms with E-state index in [9.17, 15) is 9.59 Å². The van der Waals surface area contributed by atoms with Crippen molar-refractivity contribution in [2.75, 3.05) is 11.4 Å². The molecule has 19 heavy (non-hydrogen) atoms. The molecule has 6 heteroatoms. The van der Waals surface area contributed by atoms with E-state index in [2.05, 4.69) is 4.98 Å². The minimum absolute atomic E-state index is 0.107. The molecule has 0 saturated heterocycles. The van der Waals surface area contributed by atoms with Crippen LogP contribution in [0.15, 0.2) is 18.3 Å². The number of hydrogen-bond donors (Lipinski definition) is 1. The SMILES string of the molecule is CC(C)CC(=O)N(CCC(=O)O)c1ccc(Cl)cn1. The number of nitrogens with zero attached hydrogens (tertiary/aromatic N) is 2. The molecule has 1 amide bonds. The van der Waals surface area contributed by atoms with Crippen LogP contribution in [0.1, 0.15) is 26.7 Å². The first kappa shape index (κ1) is 15.4. The third-order valence-electron chi connectivity index (χ3n) is 2.42. The first-order chi connectivity index (χ1) is 8.90. The maximum absolute atomic E-state index is 12.1. The maximum Gasteiger partial charge on any atom is 0.305 e. The van der Waals surface area contributed by atoms with Crippen molar-refractivity contribution in [3.63, 3.8) is 0 Å². The van der Waals surface area contributed by atoms with Gasteiger partial charge in [-0.25, -0.2) is 4.98 Å². The fraction of sp³-hybridized carbons (Fsp3) is 0.462. The average Bonchev–Trinajstić information content (AvgIpc) is 2.30. The number of carbonyl (C=O) groups excluding carboxylic acids is 1. The Labute approximate surface area is 117 Å². The van der Waals surface area contributed by atoms with Gasteiger partial charge in [-0.2, -0.15) is 0 Å². The fourth-order valence-corrected chi connectivity index (χ4v) is 1.67. The molecule has 1 rings (SSSR count). The van der Waals surface area contributed by atoms with Gasteiger partial charge in [0, 0.05) is 19.2 Å². The summed E-state index contributed by atoms with van der Waals surface area (Å²) in [5.41, 5.74) is 0. The normalized spacial score (nSPS) is 10.5. The molecule has 5 nitrogen and oxygen atoms in total. The molecule has 0 atom stereocenters. The molecule has 1 aromatic rings. The Hall–Kier alpha value is -1.62. The molecule has 0 aliphatic carbocycles. The van der Waals surface area contributed by atoms with Crippen molar-refractivity contribution in [1.82, 2.24) is 4.98 Å². The van der Waals surface area contributed by atoms with E-state index in [1.54, 1.807) is 12.1 Å². The van der Waals surface area contributed by atoms with E-state index < -0.39 is 5.97 Å². The van der Waals surface area contributed by atoms with E-state index in [1.165, 1.54) is 11.1 Å². The van der Waals surface area contributed by atoms with Crippen molar-refractivity contribution >= 4 is 29.3 Å². The zero-order chi connectivity index (χ0) is 14.4. The van der Waals surface area contributed by atoms with Crippen molar-refractivity contribution in [3.05, 3.63) is 23.4 Å². The Morgan fingerprint density at radius 3 is 2.58 bits per heavy atom. The van der Waals surface area contributed by atoms with Crippen LogP contribution in [0.2, 0.25) is 5.02 Å². The second-order valence-electron chi connectivity index (χ2n) is 4.62. The van der Waals surface area contributed by atoms with Gasteiger partial charge in [-0.05, 0) is 18.1 Å². The lowest BCUT2D eigenvalue weighted by molar-refractivity contribution is -0.136. The third-order valence-corrected chi connectivity index (χ3v) is 2.65. The largest absolute Gasteiger partial charge is 0.481 e. The molecule has 104 valence electrons. The van der Waals surface area contributed by atoms with E-state index in [0.29, 0.717) is 17.3 Å². The van der Waals surface area contributed by atoms with Gasteiger partial charge in [0.25, 0.3) is 0 Å². The average molecular weight is 285 g/mol. The van der Waals surface area contributed by atoms with Crippen molar-refractivity contribution in [2.24, 2.45) is 5.92 Å². The van der Waals surface area contributed by atoms with Gasteiger partial charge >= 0.3 is 5.97 Å². The summed E-state index contributed by atoms with van der Waals surface area (Å²) in [6.45, 7) is 3.97. The highest BCUT2D eigenvalue weighted by molar-refractivity contribution is 6.30. The number of anilines is 1. The molecule has 0 aliphatic heterocycles. The molecule has 0 aliphatic rings. The van der Waals surface area contributed by atoms with Crippen LogP contribution < -0.4 is 4.90 Å². The highest BCUT2D eigenvalue weighted by Crippen LogP contribution is 2.17. The van der Waals surface area contributed by atoms with Gasteiger partial charge in [0.2, 0.25) is 5.91 Å². The molecule has 1 heterocycles. The first-order valence-corrected chi connectivity index (χ1v) is 6.41. The molecule has 0 aromatic carbocycles. The topological polar surface area (TPSA) is 70.5 Å². The Kier molecular flexibility index (Phi) is 5.76. The summed E-state index contributed by atoms with van der Waals surface area (Å²) in [5, 5.41) is 9.21. The summed E-state index contributed by atoms with van der Waals surface area (Å²) in [6, 6.07) is 3.24. The second-order valence-corrected chi connectivity index (χ2v) is 5.06. The zero-order valence-electron chi connectivity index (χ0n) is 11.0. The number of amides is 1. The van der Waals surface area contributed by atoms with E-state index in [0.717, 1.165) is 0 Å². The summed E-state index contributed by atoms with van der Waals surface area (Å²) in [4.78, 5) is 28.2. The quantitative estimate of drug-likeness (QED) is 0.871. The molecule has 0 spiro atoms. The fourth-order valence-electron chi connectivity index (χ4n) is 1.56. The van der Waals surface area contributed by atoms with Gasteiger partial charge in [-0.3, -0.25) is 14.5 Å². The number of hydrogen-bond acceptors (Lipinski definition) is 3. The Balaban J connectivity index is 2.87. The predicted octanol–water partition coefficient (Wildman–Crippen LogP) is 2.59. The predicted molar refractivity (Wildman–Crippen MR) is 73.3 cm³/mol. The number of carboxylic acids is 1. The van der Waals surface area contributed by atoms with Crippen LogP contribution in [0.3, 0.4) is 0 Å². The van der Waals surface area contributed by atoms with Gasteiger partial charge < -0.3 is 5.11 Å². The highest BCUT2D eigenvalue weighted by atomic mass is 35.5. The van der Waals surface area contributed by atoms with Crippen LogP contribution in [0, 0.1) is 5.92 Å². The molecule has 0 unspecified atom stereocenters. The lowest BCUT2D eigenvalue weighted by Crippen LogP contribution is -2.34. The highest BCUT2D eigenvalue weighted by Gasteiger charge is 2.18. The Bertz CT molecular complexity index is 446. The molecular formula is C13H17ClN2O3. The lowest BCUT2D eigenvalue weighted by atomic mass is 10.1. The standard InChI is InChI=1S/C13H17ClN2O3/c1-9(2)7-12(17)16(6-5-13(18)19)11-4-3-10(14)8-15-11/h3-4,8-9H,5-7H2,1-2H3,(H,18,19). The van der Waals surface area contributed by atoms with Crippen LogP contribution in [-0.2, 0) is 9.59 Å². The number of aliphatic carboxylic acids is 1. The molecule has 0 saturated carbocycles. The molecule has 1 N–H and O–H groups in total. The monoisotopic (exact) mass is 284 g/mol. The Morgan fingerprint density at radius 2 is 2.11 bits per heavy atom. The smallest absolute Gasteiger partial charge is 0.305 e. The summed E-state index contributed by atoms with van der Waals surface area (Å²) < 4.78 is 0. The number of rotatable bonds is 6. The van der Waals surface area contributed by atoms with Crippen LogP contribution in [0.25, 0.3) is 0 Å². The van der Waals surface area contributed by atoms with Crippen LogP contribution >= 0.6 is 11.6 Å². The summed E-state index contributed by atoms with van der Waals surface area (Å²) in [7, 11) is 0. The maximum atomic E-state index is 12.1. The van der Waals surface area contributed by atoms with Gasteiger partial charge in [-0.15, -0.1) is 0 Å². The first-order valence-electron chi connectivity index (χ1n) is 6.04. The number of pyridine rings is 1. The molecular weight excluding hydrogens is 268 g/mol. The van der Waals surface area contributed by atoms with Crippen molar-refractivity contribution in [2.45, 2.75) is 26.7 Å². The van der Waals surface area contributed by atoms with E-state index in [-0.39, 0.29) is 24.8 Å². The van der Waals surface area contributed by atoms with Crippen LogP contribution in [-0.4, -0.2) is 28.5 Å². The van der Waals surface area contributed by atoms with Crippen LogP contribution in [0.5, 0.6) is 0 Å². The molecule has 1 aromatic heterocycles. The summed E-state index contributed by atoms with van der Waals surface area (Å²) >= 11 is 5.75. The number of carbonyl (C=O) groups is 2. The second kappa shape index (κ2) is 7.09.